The first kappa shape index (κ1) is 26.2. The van der Waals surface area contributed by atoms with Crippen LogP contribution in [0, 0.1) is 0 Å². The van der Waals surface area contributed by atoms with E-state index in [1.54, 1.807) is 0 Å². The van der Waals surface area contributed by atoms with Crippen molar-refractivity contribution in [3.8, 4) is 44.9 Å². The first-order chi connectivity index (χ1) is 18.5. The number of hydrogen-bond donors (Lipinski definition) is 0. The molecule has 0 aromatic heterocycles. The van der Waals surface area contributed by atoms with Crippen LogP contribution in [0.3, 0.4) is 0 Å². The van der Waals surface area contributed by atoms with Gasteiger partial charge in [0, 0.05) is 17.3 Å². The Labute approximate surface area is 229 Å². The minimum atomic E-state index is -4.42. The maximum absolute atomic E-state index is 13.3. The first-order valence-corrected chi connectivity index (χ1v) is 15.5. The molecule has 0 spiro atoms. The monoisotopic (exact) mass is 590 g/mol. The van der Waals surface area contributed by atoms with E-state index >= 15 is 0 Å². The summed E-state index contributed by atoms with van der Waals surface area (Å²) >= 11 is 3.64. The van der Waals surface area contributed by atoms with Crippen molar-refractivity contribution in [2.24, 2.45) is 0 Å². The van der Waals surface area contributed by atoms with E-state index in [1.165, 1.54) is 12.1 Å². The minimum Gasteiger partial charge on any atom is -0.456 e. The van der Waals surface area contributed by atoms with Crippen LogP contribution < -0.4 is 4.74 Å². The van der Waals surface area contributed by atoms with Gasteiger partial charge in [0.05, 0.1) is 5.56 Å². The average Bonchev–Trinajstić information content (AvgIpc) is 2.94. The Morgan fingerprint density at radius 2 is 1.13 bits per heavy atom. The number of alkyl halides is 3. The highest BCUT2D eigenvalue weighted by Crippen LogP contribution is 2.50. The summed E-state index contributed by atoms with van der Waals surface area (Å²) in [6.07, 6.45) is -3.65. The molecule has 1 nitrogen and oxygen atoms in total. The van der Waals surface area contributed by atoms with Crippen molar-refractivity contribution < 1.29 is 17.9 Å². The summed E-state index contributed by atoms with van der Waals surface area (Å²) in [5, 5.41) is 0. The zero-order chi connectivity index (χ0) is 26.5. The molecule has 0 N–H and O–H groups in total. The van der Waals surface area contributed by atoms with Crippen molar-refractivity contribution in [1.29, 1.82) is 0 Å². The summed E-state index contributed by atoms with van der Waals surface area (Å²) < 4.78 is 46.3. The van der Waals surface area contributed by atoms with Crippen LogP contribution in [0.1, 0.15) is 11.1 Å². The Morgan fingerprint density at radius 3 is 1.63 bits per heavy atom. The third-order valence-corrected chi connectivity index (χ3v) is 7.59. The normalized spacial score (nSPS) is 11.7. The largest absolute Gasteiger partial charge is 0.456 e. The van der Waals surface area contributed by atoms with Crippen LogP contribution in [0.5, 0.6) is 11.5 Å². The molecular formula is C32H23BrF3OP. The van der Waals surface area contributed by atoms with Crippen molar-refractivity contribution in [3.63, 3.8) is 0 Å². The van der Waals surface area contributed by atoms with Crippen molar-refractivity contribution >= 4 is 22.8 Å². The lowest BCUT2D eigenvalue weighted by molar-refractivity contribution is -0.137. The maximum Gasteiger partial charge on any atom is 0.416 e. The van der Waals surface area contributed by atoms with Crippen LogP contribution in [0.2, 0.25) is 0 Å². The molecule has 0 fully saturated rings. The van der Waals surface area contributed by atoms with Gasteiger partial charge < -0.3 is 4.74 Å². The number of halogens is 4. The van der Waals surface area contributed by atoms with Gasteiger partial charge in [-0.05, 0) is 65.4 Å². The molecule has 5 aromatic carbocycles. The third kappa shape index (κ3) is 5.70. The number of benzene rings is 5. The summed E-state index contributed by atoms with van der Waals surface area (Å²) in [4.78, 5) is 0. The van der Waals surface area contributed by atoms with Gasteiger partial charge in [-0.2, -0.15) is 13.2 Å². The minimum absolute atomic E-state index is 0.338. The van der Waals surface area contributed by atoms with Crippen LogP contribution in [0.25, 0.3) is 33.4 Å². The second-order valence-corrected chi connectivity index (χ2v) is 11.0. The van der Waals surface area contributed by atoms with Crippen molar-refractivity contribution in [2.45, 2.75) is 12.3 Å². The number of hydrogen-bond acceptors (Lipinski definition) is 1. The van der Waals surface area contributed by atoms with Gasteiger partial charge in [-0.3, -0.25) is 0 Å². The smallest absolute Gasteiger partial charge is 0.416 e. The van der Waals surface area contributed by atoms with Crippen LogP contribution >= 0.6 is 22.8 Å². The fraction of sp³-hybridized carbons (Fsp3) is 0.0625. The van der Waals surface area contributed by atoms with Gasteiger partial charge in [0.15, 0.2) is 0 Å². The highest BCUT2D eigenvalue weighted by molar-refractivity contribution is 9.36. The van der Waals surface area contributed by atoms with Gasteiger partial charge in [0.2, 0.25) is 0 Å². The Kier molecular flexibility index (Phi) is 7.97. The number of rotatable bonds is 7. The van der Waals surface area contributed by atoms with E-state index in [-0.39, 0.29) is 0 Å². The zero-order valence-corrected chi connectivity index (χ0v) is 22.8. The molecule has 1 unspecified atom stereocenters. The molecule has 0 amide bonds. The molecule has 5 aromatic rings. The third-order valence-electron chi connectivity index (χ3n) is 6.23. The molecule has 0 radical (unpaired) electrons. The Bertz CT molecular complexity index is 1500. The summed E-state index contributed by atoms with van der Waals surface area (Å²) in [5.74, 6) is 0.953. The van der Waals surface area contributed by atoms with E-state index < -0.39 is 11.7 Å². The van der Waals surface area contributed by atoms with Gasteiger partial charge in [-0.15, -0.1) is 0 Å². The highest BCUT2D eigenvalue weighted by atomic mass is 79.9. The predicted octanol–water partition coefficient (Wildman–Crippen LogP) is 11.0. The standard InChI is InChI=1S/C32H23BrF3OP/c33-38-21-25-20-28(22-10-4-1-5-11-22)30(24-14-8-3-9-15-24)31(29(25)23-12-6-2-7-13-23)37-27-18-16-26(17-19-27)32(34,35)36/h1-20,38H,21H2. The van der Waals surface area contributed by atoms with E-state index in [0.717, 1.165) is 57.2 Å². The van der Waals surface area contributed by atoms with Gasteiger partial charge in [-0.1, -0.05) is 106 Å². The fourth-order valence-electron chi connectivity index (χ4n) is 4.51. The molecule has 0 aliphatic carbocycles. The van der Waals surface area contributed by atoms with Crippen LogP contribution in [0.4, 0.5) is 13.2 Å². The van der Waals surface area contributed by atoms with Crippen molar-refractivity contribution in [1.82, 2.24) is 0 Å². The van der Waals surface area contributed by atoms with Crippen LogP contribution in [-0.4, -0.2) is 0 Å². The van der Waals surface area contributed by atoms with Crippen LogP contribution in [0.15, 0.2) is 121 Å². The molecule has 0 heterocycles. The first-order valence-electron chi connectivity index (χ1n) is 12.0. The zero-order valence-electron chi connectivity index (χ0n) is 20.2. The molecule has 0 bridgehead atoms. The molecule has 0 saturated heterocycles. The lowest BCUT2D eigenvalue weighted by Gasteiger charge is -2.23. The number of ether oxygens (including phenoxy) is 1. The quantitative estimate of drug-likeness (QED) is 0.171. The molecule has 38 heavy (non-hydrogen) atoms. The SMILES string of the molecule is FC(F)(F)c1ccc(Oc2c(-c3ccccc3)c(CPBr)cc(-c3ccccc3)c2-c2ccccc2)cc1. The van der Waals surface area contributed by atoms with Crippen LogP contribution in [-0.2, 0) is 12.3 Å². The van der Waals surface area contributed by atoms with Gasteiger partial charge in [0.1, 0.15) is 11.5 Å². The second-order valence-electron chi connectivity index (χ2n) is 8.70. The lowest BCUT2D eigenvalue weighted by Crippen LogP contribution is -2.04. The Hall–Kier alpha value is -3.40. The second kappa shape index (κ2) is 11.6. The Balaban J connectivity index is 1.83. The fourth-order valence-corrected chi connectivity index (χ4v) is 5.84. The topological polar surface area (TPSA) is 9.23 Å². The summed E-state index contributed by atoms with van der Waals surface area (Å²) in [7, 11) is 0.482. The van der Waals surface area contributed by atoms with Gasteiger partial charge in [-0.25, -0.2) is 0 Å². The van der Waals surface area contributed by atoms with E-state index in [9.17, 15) is 13.2 Å². The molecular weight excluding hydrogens is 568 g/mol. The maximum atomic E-state index is 13.3. The summed E-state index contributed by atoms with van der Waals surface area (Å²) in [6, 6.07) is 37.1. The van der Waals surface area contributed by atoms with Crippen molar-refractivity contribution in [3.05, 3.63) is 132 Å². The molecule has 6 heteroatoms. The molecule has 0 aliphatic rings. The molecule has 0 aliphatic heterocycles. The molecule has 0 saturated carbocycles. The summed E-state index contributed by atoms with van der Waals surface area (Å²) in [6.45, 7) is 0. The van der Waals surface area contributed by atoms with E-state index in [2.05, 4.69) is 33.7 Å². The van der Waals surface area contributed by atoms with E-state index in [1.807, 2.05) is 78.9 Å². The lowest BCUT2D eigenvalue weighted by atomic mass is 9.87. The average molecular weight is 591 g/mol. The van der Waals surface area contributed by atoms with Gasteiger partial charge in [0.25, 0.3) is 0 Å². The predicted molar refractivity (Wildman–Crippen MR) is 155 cm³/mol. The van der Waals surface area contributed by atoms with Crippen molar-refractivity contribution in [2.75, 3.05) is 0 Å². The molecule has 1 atom stereocenters. The highest BCUT2D eigenvalue weighted by Gasteiger charge is 2.30. The summed E-state index contributed by atoms with van der Waals surface area (Å²) in [5.41, 5.74) is 6.16. The Morgan fingerprint density at radius 1 is 0.632 bits per heavy atom. The van der Waals surface area contributed by atoms with Gasteiger partial charge >= 0.3 is 6.18 Å². The van der Waals surface area contributed by atoms with E-state index in [0.29, 0.717) is 18.8 Å². The molecule has 190 valence electrons. The van der Waals surface area contributed by atoms with E-state index in [4.69, 9.17) is 4.74 Å². The molecule has 5 rings (SSSR count).